The number of alkyl carbamates (subject to hydrolysis) is 1. The van der Waals surface area contributed by atoms with E-state index in [1.54, 1.807) is 11.3 Å². The molecule has 0 bridgehead atoms. The lowest BCUT2D eigenvalue weighted by Crippen LogP contribution is -2.46. The van der Waals surface area contributed by atoms with E-state index in [9.17, 15) is 9.59 Å². The maximum atomic E-state index is 12.3. The summed E-state index contributed by atoms with van der Waals surface area (Å²) in [5.41, 5.74) is 2.06. The molecular formula is C27H36N4O4S. The fraction of sp³-hybridized carbons (Fsp3) is 0.593. The molecule has 1 aliphatic heterocycles. The van der Waals surface area contributed by atoms with Gasteiger partial charge in [-0.3, -0.25) is 4.79 Å². The molecule has 2 aromatic rings. The molecule has 1 amide bonds. The third kappa shape index (κ3) is 5.77. The minimum atomic E-state index is -0.504. The molecule has 2 fully saturated rings. The van der Waals surface area contributed by atoms with Crippen molar-refractivity contribution in [2.45, 2.75) is 89.9 Å². The highest BCUT2D eigenvalue weighted by Gasteiger charge is 2.29. The Morgan fingerprint density at radius 2 is 1.89 bits per heavy atom. The number of fused-ring (bicyclic) bond motifs is 1. The van der Waals surface area contributed by atoms with E-state index < -0.39 is 5.60 Å². The number of anilines is 3. The average Bonchev–Trinajstić information content (AvgIpc) is 3.20. The number of aryl methyl sites for hydroxylation is 1. The van der Waals surface area contributed by atoms with E-state index in [0.717, 1.165) is 78.7 Å². The maximum absolute atomic E-state index is 12.3. The number of hydrogen-bond acceptors (Lipinski definition) is 8. The smallest absolute Gasteiger partial charge is 0.407 e. The van der Waals surface area contributed by atoms with Crippen molar-refractivity contribution < 1.29 is 19.1 Å². The molecule has 0 unspecified atom stereocenters. The van der Waals surface area contributed by atoms with E-state index in [4.69, 9.17) is 9.47 Å². The number of ketones is 1. The zero-order valence-corrected chi connectivity index (χ0v) is 22.2. The predicted octanol–water partition coefficient (Wildman–Crippen LogP) is 5.83. The van der Waals surface area contributed by atoms with Crippen molar-refractivity contribution in [3.63, 3.8) is 0 Å². The van der Waals surface area contributed by atoms with E-state index >= 15 is 0 Å². The van der Waals surface area contributed by atoms with Gasteiger partial charge in [-0.25, -0.2) is 9.78 Å². The van der Waals surface area contributed by atoms with Gasteiger partial charge in [-0.15, -0.1) is 11.3 Å². The van der Waals surface area contributed by atoms with Gasteiger partial charge in [0.2, 0.25) is 0 Å². The number of piperidine rings is 1. The predicted molar refractivity (Wildman–Crippen MR) is 142 cm³/mol. The van der Waals surface area contributed by atoms with E-state index in [2.05, 4.69) is 26.6 Å². The standard InChI is InChI=1S/C27H36N4O4S/c1-27(2,3)35-26(33)28-17-13-15-31(16-14-17)20-10-5-9-19(24(20)34-18-7-4-8-18)29-25-30-23-21(32)11-6-12-22(23)36-25/h5,9-10,17-18H,4,6-8,11-16H2,1-3H3,(H,28,33)(H,29,30). The van der Waals surface area contributed by atoms with Crippen molar-refractivity contribution in [1.82, 2.24) is 10.3 Å². The highest BCUT2D eigenvalue weighted by atomic mass is 32.1. The van der Waals surface area contributed by atoms with Crippen LogP contribution in [0, 0.1) is 0 Å². The SMILES string of the molecule is CC(C)(C)OC(=O)NC1CCN(c2cccc(Nc3nc4c(s3)CCCC4=O)c2OC2CCC2)CC1. The molecule has 36 heavy (non-hydrogen) atoms. The van der Waals surface area contributed by atoms with Gasteiger partial charge in [0, 0.05) is 30.4 Å². The number of aromatic nitrogens is 1. The number of amides is 1. The van der Waals surface area contributed by atoms with Crippen molar-refractivity contribution in [2.24, 2.45) is 0 Å². The van der Waals surface area contributed by atoms with E-state index in [-0.39, 0.29) is 24.0 Å². The fourth-order valence-corrected chi connectivity index (χ4v) is 5.86. The monoisotopic (exact) mass is 512 g/mol. The molecule has 0 spiro atoms. The van der Waals surface area contributed by atoms with E-state index in [1.165, 1.54) is 6.42 Å². The third-order valence-corrected chi connectivity index (χ3v) is 7.93. The number of thiazole rings is 1. The van der Waals surface area contributed by atoms with Gasteiger partial charge in [-0.2, -0.15) is 0 Å². The second-order valence-corrected chi connectivity index (χ2v) is 12.0. The van der Waals surface area contributed by atoms with Crippen LogP contribution in [0.15, 0.2) is 18.2 Å². The third-order valence-electron chi connectivity index (χ3n) is 6.90. The van der Waals surface area contributed by atoms with Crippen LogP contribution in [-0.4, -0.2) is 47.7 Å². The number of Topliss-reactive ketones (excluding diaryl/α,β-unsaturated/α-hetero) is 1. The second kappa shape index (κ2) is 10.3. The summed E-state index contributed by atoms with van der Waals surface area (Å²) in [5, 5.41) is 7.23. The van der Waals surface area contributed by atoms with Crippen LogP contribution in [-0.2, 0) is 11.2 Å². The van der Waals surface area contributed by atoms with Crippen LogP contribution in [0.25, 0.3) is 0 Å². The summed E-state index contributed by atoms with van der Waals surface area (Å²) >= 11 is 1.57. The van der Waals surface area contributed by atoms with Crippen molar-refractivity contribution in [3.8, 4) is 5.75 Å². The van der Waals surface area contributed by atoms with Crippen molar-refractivity contribution >= 4 is 39.7 Å². The van der Waals surface area contributed by atoms with Gasteiger partial charge in [0.25, 0.3) is 0 Å². The van der Waals surface area contributed by atoms with Crippen molar-refractivity contribution in [1.29, 1.82) is 0 Å². The molecule has 2 N–H and O–H groups in total. The Morgan fingerprint density at radius 1 is 1.11 bits per heavy atom. The van der Waals surface area contributed by atoms with Gasteiger partial charge >= 0.3 is 6.09 Å². The van der Waals surface area contributed by atoms with Crippen LogP contribution >= 0.6 is 11.3 Å². The number of carbonyl (C=O) groups excluding carboxylic acids is 2. The molecule has 0 atom stereocenters. The van der Waals surface area contributed by atoms with Gasteiger partial charge < -0.3 is 25.0 Å². The van der Waals surface area contributed by atoms with Crippen LogP contribution in [0.5, 0.6) is 5.75 Å². The lowest BCUT2D eigenvalue weighted by Gasteiger charge is -2.36. The minimum absolute atomic E-state index is 0.0904. The average molecular weight is 513 g/mol. The van der Waals surface area contributed by atoms with Gasteiger partial charge in [0.1, 0.15) is 11.3 Å². The second-order valence-electron chi connectivity index (χ2n) is 10.9. The van der Waals surface area contributed by atoms with Crippen molar-refractivity contribution in [3.05, 3.63) is 28.8 Å². The summed E-state index contributed by atoms with van der Waals surface area (Å²) in [6, 6.07) is 6.26. The number of carbonyl (C=O) groups is 2. The normalized spacial score (nSPS) is 18.9. The highest BCUT2D eigenvalue weighted by Crippen LogP contribution is 2.42. The van der Waals surface area contributed by atoms with Gasteiger partial charge in [0.05, 0.1) is 17.5 Å². The number of benzene rings is 1. The topological polar surface area (TPSA) is 92.8 Å². The first-order valence-corrected chi connectivity index (χ1v) is 13.9. The number of hydrogen-bond donors (Lipinski definition) is 2. The maximum Gasteiger partial charge on any atom is 0.407 e. The first kappa shape index (κ1) is 24.9. The Labute approximate surface area is 216 Å². The molecule has 1 saturated carbocycles. The Hall–Kier alpha value is -2.81. The lowest BCUT2D eigenvalue weighted by molar-refractivity contribution is 0.0497. The quantitative estimate of drug-likeness (QED) is 0.503. The molecule has 1 aromatic heterocycles. The van der Waals surface area contributed by atoms with Crippen LogP contribution in [0.2, 0.25) is 0 Å². The summed E-state index contributed by atoms with van der Waals surface area (Å²) in [4.78, 5) is 32.5. The number of nitrogens with one attached hydrogen (secondary N) is 2. The molecule has 2 aliphatic carbocycles. The number of para-hydroxylation sites is 1. The molecule has 5 rings (SSSR count). The first-order valence-electron chi connectivity index (χ1n) is 13.1. The molecular weight excluding hydrogens is 476 g/mol. The van der Waals surface area contributed by atoms with Gasteiger partial charge in [0.15, 0.2) is 16.7 Å². The van der Waals surface area contributed by atoms with Gasteiger partial charge in [-0.1, -0.05) is 6.07 Å². The number of ether oxygens (including phenoxy) is 2. The molecule has 1 saturated heterocycles. The van der Waals surface area contributed by atoms with Crippen LogP contribution in [0.1, 0.15) is 81.1 Å². The molecule has 1 aromatic carbocycles. The Morgan fingerprint density at radius 3 is 2.56 bits per heavy atom. The number of rotatable bonds is 6. The summed E-state index contributed by atoms with van der Waals surface area (Å²) in [6.07, 6.45) is 7.26. The Kier molecular flexibility index (Phi) is 7.10. The molecule has 0 radical (unpaired) electrons. The lowest BCUT2D eigenvalue weighted by atomic mass is 9.96. The Bertz CT molecular complexity index is 1110. The largest absolute Gasteiger partial charge is 0.486 e. The van der Waals surface area contributed by atoms with Crippen LogP contribution in [0.3, 0.4) is 0 Å². The number of nitrogens with zero attached hydrogens (tertiary/aromatic N) is 2. The molecule has 8 nitrogen and oxygen atoms in total. The van der Waals surface area contributed by atoms with E-state index in [0.29, 0.717) is 12.1 Å². The summed E-state index contributed by atoms with van der Waals surface area (Å²) in [6.45, 7) is 7.24. The zero-order valence-electron chi connectivity index (χ0n) is 21.4. The summed E-state index contributed by atoms with van der Waals surface area (Å²) < 4.78 is 11.9. The van der Waals surface area contributed by atoms with E-state index in [1.807, 2.05) is 32.9 Å². The van der Waals surface area contributed by atoms with Crippen LogP contribution < -0.4 is 20.3 Å². The van der Waals surface area contributed by atoms with Crippen LogP contribution in [0.4, 0.5) is 21.3 Å². The molecule has 9 heteroatoms. The minimum Gasteiger partial charge on any atom is -0.486 e. The summed E-state index contributed by atoms with van der Waals surface area (Å²) in [7, 11) is 0. The zero-order chi connectivity index (χ0) is 25.3. The van der Waals surface area contributed by atoms with Crippen molar-refractivity contribution in [2.75, 3.05) is 23.3 Å². The fourth-order valence-electron chi connectivity index (χ4n) is 4.83. The molecule has 3 aliphatic rings. The first-order chi connectivity index (χ1) is 17.2. The molecule has 2 heterocycles. The Balaban J connectivity index is 1.31. The highest BCUT2D eigenvalue weighted by molar-refractivity contribution is 7.16. The summed E-state index contributed by atoms with van der Waals surface area (Å²) in [5.74, 6) is 0.989. The molecule has 194 valence electrons. The van der Waals surface area contributed by atoms with Gasteiger partial charge in [-0.05, 0) is 77.8 Å².